The summed E-state index contributed by atoms with van der Waals surface area (Å²) in [6, 6.07) is 15.8. The highest BCUT2D eigenvalue weighted by atomic mass is 16.5. The highest BCUT2D eigenvalue weighted by molar-refractivity contribution is 6.03. The van der Waals surface area contributed by atoms with Gasteiger partial charge in [0.25, 0.3) is 5.91 Å². The van der Waals surface area contributed by atoms with Crippen LogP contribution in [-0.2, 0) is 11.8 Å². The van der Waals surface area contributed by atoms with E-state index in [0.29, 0.717) is 13.0 Å². The molecule has 0 radical (unpaired) electrons. The van der Waals surface area contributed by atoms with Crippen LogP contribution in [0.2, 0.25) is 0 Å². The monoisotopic (exact) mass is 432 g/mol. The van der Waals surface area contributed by atoms with Crippen molar-refractivity contribution in [2.75, 3.05) is 20.2 Å². The Labute approximate surface area is 187 Å². The summed E-state index contributed by atoms with van der Waals surface area (Å²) in [5.74, 6) is 1.55. The second kappa shape index (κ2) is 8.67. The van der Waals surface area contributed by atoms with Crippen LogP contribution < -0.4 is 4.74 Å². The third-order valence-corrected chi connectivity index (χ3v) is 6.49. The summed E-state index contributed by atoms with van der Waals surface area (Å²) in [7, 11) is 3.71. The van der Waals surface area contributed by atoms with Crippen LogP contribution in [0.15, 0.2) is 70.5 Å². The molecule has 1 fully saturated rings. The molecule has 1 aromatic carbocycles. The first kappa shape index (κ1) is 20.6. The minimum atomic E-state index is -0.231. The van der Waals surface area contributed by atoms with E-state index in [1.54, 1.807) is 18.4 Å². The first-order valence-electron chi connectivity index (χ1n) is 11.1. The van der Waals surface area contributed by atoms with Crippen LogP contribution in [0.3, 0.4) is 0 Å². The van der Waals surface area contributed by atoms with Crippen molar-refractivity contribution in [1.29, 1.82) is 0 Å². The van der Waals surface area contributed by atoms with Gasteiger partial charge in [-0.2, -0.15) is 5.10 Å². The SMILES string of the molecule is COc1ccc(C2=NN(C(=O)CN3CCC[C@@H]3c3cccn3C)[C@@H](c3ccco3)C2)cc1. The number of furan rings is 1. The zero-order valence-electron chi connectivity index (χ0n) is 18.5. The molecular weight excluding hydrogens is 404 g/mol. The van der Waals surface area contributed by atoms with Crippen molar-refractivity contribution >= 4 is 11.6 Å². The molecule has 2 aromatic heterocycles. The van der Waals surface area contributed by atoms with Crippen molar-refractivity contribution in [2.24, 2.45) is 12.1 Å². The van der Waals surface area contributed by atoms with Gasteiger partial charge in [0.05, 0.1) is 31.7 Å². The van der Waals surface area contributed by atoms with Crippen molar-refractivity contribution in [3.05, 3.63) is 78.0 Å². The normalized spacial score (nSPS) is 21.2. The third-order valence-electron chi connectivity index (χ3n) is 6.49. The molecule has 0 unspecified atom stereocenters. The molecule has 1 saturated heterocycles. The van der Waals surface area contributed by atoms with Gasteiger partial charge in [-0.3, -0.25) is 9.69 Å². The second-order valence-electron chi connectivity index (χ2n) is 8.42. The molecule has 7 heteroatoms. The van der Waals surface area contributed by atoms with E-state index in [1.807, 2.05) is 36.4 Å². The molecule has 166 valence electrons. The lowest BCUT2D eigenvalue weighted by molar-refractivity contribution is -0.134. The molecule has 4 heterocycles. The number of hydrazone groups is 1. The molecule has 0 spiro atoms. The number of likely N-dealkylation sites (tertiary alicyclic amines) is 1. The zero-order valence-corrected chi connectivity index (χ0v) is 18.5. The van der Waals surface area contributed by atoms with Gasteiger partial charge >= 0.3 is 0 Å². The second-order valence-corrected chi connectivity index (χ2v) is 8.42. The maximum absolute atomic E-state index is 13.5. The number of rotatable bonds is 6. The standard InChI is InChI=1S/C25H28N4O3/c1-27-13-3-6-21(27)22-7-4-14-28(22)17-25(30)29-23(24-8-5-15-32-24)16-20(26-29)18-9-11-19(31-2)12-10-18/h3,5-6,8-13,15,22-23H,4,7,14,16-17H2,1-2H3/t22-,23-/m1/s1. The first-order chi connectivity index (χ1) is 15.6. The van der Waals surface area contributed by atoms with Gasteiger partial charge in [-0.25, -0.2) is 5.01 Å². The Bertz CT molecular complexity index is 1100. The maximum Gasteiger partial charge on any atom is 0.257 e. The molecule has 1 amide bonds. The number of amides is 1. The summed E-state index contributed by atoms with van der Waals surface area (Å²) >= 11 is 0. The van der Waals surface area contributed by atoms with E-state index < -0.39 is 0 Å². The lowest BCUT2D eigenvalue weighted by Crippen LogP contribution is -2.38. The van der Waals surface area contributed by atoms with Crippen LogP contribution >= 0.6 is 0 Å². The summed E-state index contributed by atoms with van der Waals surface area (Å²) in [6.45, 7) is 1.25. The average molecular weight is 433 g/mol. The molecule has 0 N–H and O–H groups in total. The van der Waals surface area contributed by atoms with Crippen LogP contribution in [0.4, 0.5) is 0 Å². The van der Waals surface area contributed by atoms with E-state index in [4.69, 9.17) is 14.3 Å². The fourth-order valence-electron chi connectivity index (χ4n) is 4.82. The molecule has 2 aliphatic heterocycles. The van der Waals surface area contributed by atoms with Crippen molar-refractivity contribution in [3.8, 4) is 5.75 Å². The van der Waals surface area contributed by atoms with E-state index in [0.717, 1.165) is 42.2 Å². The summed E-state index contributed by atoms with van der Waals surface area (Å²) in [5, 5.41) is 6.39. The fourth-order valence-corrected chi connectivity index (χ4v) is 4.82. The minimum absolute atomic E-state index is 0.00368. The Kier molecular flexibility index (Phi) is 5.57. The molecule has 2 atom stereocenters. The first-order valence-corrected chi connectivity index (χ1v) is 11.1. The van der Waals surface area contributed by atoms with E-state index in [-0.39, 0.29) is 18.0 Å². The highest BCUT2D eigenvalue weighted by Crippen LogP contribution is 2.35. The molecule has 0 bridgehead atoms. The number of nitrogens with zero attached hydrogens (tertiary/aromatic N) is 4. The van der Waals surface area contributed by atoms with E-state index in [9.17, 15) is 4.79 Å². The summed E-state index contributed by atoms with van der Waals surface area (Å²) in [5.41, 5.74) is 3.12. The lowest BCUT2D eigenvalue weighted by Gasteiger charge is -2.27. The van der Waals surface area contributed by atoms with E-state index >= 15 is 0 Å². The predicted molar refractivity (Wildman–Crippen MR) is 121 cm³/mol. The zero-order chi connectivity index (χ0) is 22.1. The van der Waals surface area contributed by atoms with Crippen LogP contribution in [0, 0.1) is 0 Å². The van der Waals surface area contributed by atoms with Gasteiger partial charge in [0.1, 0.15) is 17.6 Å². The van der Waals surface area contributed by atoms with Gasteiger partial charge in [-0.05, 0) is 73.5 Å². The number of aryl methyl sites for hydroxylation is 1. The Morgan fingerprint density at radius 1 is 1.16 bits per heavy atom. The molecule has 0 saturated carbocycles. The number of hydrogen-bond donors (Lipinski definition) is 0. The maximum atomic E-state index is 13.5. The summed E-state index contributed by atoms with van der Waals surface area (Å²) in [4.78, 5) is 15.8. The Morgan fingerprint density at radius 3 is 2.69 bits per heavy atom. The quantitative estimate of drug-likeness (QED) is 0.587. The summed E-state index contributed by atoms with van der Waals surface area (Å²) < 4.78 is 13.1. The highest BCUT2D eigenvalue weighted by Gasteiger charge is 2.37. The van der Waals surface area contributed by atoms with Crippen LogP contribution in [0.25, 0.3) is 0 Å². The molecule has 0 aliphatic carbocycles. The number of ether oxygens (including phenoxy) is 1. The van der Waals surface area contributed by atoms with Gasteiger partial charge in [-0.15, -0.1) is 0 Å². The molecule has 32 heavy (non-hydrogen) atoms. The molecule has 2 aliphatic rings. The molecule has 3 aromatic rings. The number of hydrogen-bond acceptors (Lipinski definition) is 5. The minimum Gasteiger partial charge on any atom is -0.497 e. The Hall–Kier alpha value is -3.32. The number of methoxy groups -OCH3 is 1. The van der Waals surface area contributed by atoms with Crippen LogP contribution in [-0.4, -0.2) is 46.3 Å². The van der Waals surface area contributed by atoms with Crippen LogP contribution in [0.1, 0.15) is 48.4 Å². The lowest BCUT2D eigenvalue weighted by atomic mass is 10.0. The van der Waals surface area contributed by atoms with Crippen molar-refractivity contribution in [3.63, 3.8) is 0 Å². The van der Waals surface area contributed by atoms with E-state index in [1.165, 1.54) is 5.69 Å². The van der Waals surface area contributed by atoms with Crippen molar-refractivity contribution < 1.29 is 13.9 Å². The largest absolute Gasteiger partial charge is 0.497 e. The number of benzene rings is 1. The van der Waals surface area contributed by atoms with E-state index in [2.05, 4.69) is 34.8 Å². The van der Waals surface area contributed by atoms with Gasteiger partial charge in [0.2, 0.25) is 0 Å². The Morgan fingerprint density at radius 2 is 2.00 bits per heavy atom. The predicted octanol–water partition coefficient (Wildman–Crippen LogP) is 4.14. The number of aromatic nitrogens is 1. The number of carbonyl (C=O) groups excluding carboxylic acids is 1. The molecule has 5 rings (SSSR count). The molecular formula is C25H28N4O3. The van der Waals surface area contributed by atoms with Gasteiger partial charge in [0, 0.05) is 25.4 Å². The topological polar surface area (TPSA) is 63.2 Å². The fraction of sp³-hybridized carbons (Fsp3) is 0.360. The van der Waals surface area contributed by atoms with Crippen LogP contribution in [0.5, 0.6) is 5.75 Å². The Balaban J connectivity index is 1.39. The van der Waals surface area contributed by atoms with Crippen molar-refractivity contribution in [2.45, 2.75) is 31.3 Å². The summed E-state index contributed by atoms with van der Waals surface area (Å²) in [6.07, 6.45) is 6.48. The van der Waals surface area contributed by atoms with Gasteiger partial charge in [-0.1, -0.05) is 0 Å². The molecule has 7 nitrogen and oxygen atoms in total. The van der Waals surface area contributed by atoms with Gasteiger partial charge in [0.15, 0.2) is 0 Å². The number of carbonyl (C=O) groups is 1. The van der Waals surface area contributed by atoms with Gasteiger partial charge < -0.3 is 13.7 Å². The average Bonchev–Trinajstić information content (AvgIpc) is 3.60. The third kappa shape index (κ3) is 3.84. The smallest absolute Gasteiger partial charge is 0.257 e. The van der Waals surface area contributed by atoms with Crippen molar-refractivity contribution in [1.82, 2.24) is 14.5 Å².